The lowest BCUT2D eigenvalue weighted by Gasteiger charge is -2.18. The third kappa shape index (κ3) is 7.05. The summed E-state index contributed by atoms with van der Waals surface area (Å²) in [5, 5.41) is 54.6. The molecule has 0 aliphatic heterocycles. The number of hydrogen-bond donors (Lipinski definition) is 6. The van der Waals surface area contributed by atoms with Crippen LogP contribution in [0.15, 0.2) is 57.7 Å². The highest BCUT2D eigenvalue weighted by Crippen LogP contribution is 2.39. The Morgan fingerprint density at radius 3 is 2.38 bits per heavy atom. The normalized spacial score (nSPS) is 12.2. The molecule has 9 heteroatoms. The molecule has 0 amide bonds. The number of fused-ring (bicyclic) bond motifs is 1. The summed E-state index contributed by atoms with van der Waals surface area (Å²) in [6.07, 6.45) is 0.907. The van der Waals surface area contributed by atoms with Crippen molar-refractivity contribution in [3.8, 4) is 34.3 Å². The fraction of sp³-hybridized carbons (Fsp3) is 0.364. The van der Waals surface area contributed by atoms with Gasteiger partial charge in [-0.3, -0.25) is 4.79 Å². The van der Waals surface area contributed by atoms with Crippen molar-refractivity contribution in [1.82, 2.24) is 5.32 Å². The summed E-state index contributed by atoms with van der Waals surface area (Å²) in [5.74, 6) is -0.650. The number of benzene rings is 3. The number of nitrogens with one attached hydrogen (secondary N) is 1. The largest absolute Gasteiger partial charge is 0.508 e. The van der Waals surface area contributed by atoms with Crippen molar-refractivity contribution in [1.29, 1.82) is 0 Å². The van der Waals surface area contributed by atoms with Crippen molar-refractivity contribution >= 4 is 11.0 Å². The molecular formula is C33H39NO8. The highest BCUT2D eigenvalue weighted by atomic mass is 16.5. The van der Waals surface area contributed by atoms with Crippen LogP contribution in [0.5, 0.6) is 23.0 Å². The second kappa shape index (κ2) is 13.7. The van der Waals surface area contributed by atoms with Gasteiger partial charge in [-0.2, -0.15) is 0 Å². The first-order chi connectivity index (χ1) is 20.1. The molecule has 1 atom stereocenters. The number of aromatic hydroxyl groups is 3. The molecule has 0 saturated carbocycles. The summed E-state index contributed by atoms with van der Waals surface area (Å²) in [7, 11) is 1.88. The minimum Gasteiger partial charge on any atom is -0.508 e. The molecule has 4 rings (SSSR count). The van der Waals surface area contributed by atoms with Gasteiger partial charge in [0, 0.05) is 37.3 Å². The van der Waals surface area contributed by atoms with Gasteiger partial charge < -0.3 is 40.0 Å². The van der Waals surface area contributed by atoms with E-state index >= 15 is 0 Å². The zero-order chi connectivity index (χ0) is 30.4. The Morgan fingerprint density at radius 2 is 1.69 bits per heavy atom. The van der Waals surface area contributed by atoms with Crippen LogP contribution in [0.25, 0.3) is 22.3 Å². The van der Waals surface area contributed by atoms with E-state index in [4.69, 9.17) is 14.3 Å². The van der Waals surface area contributed by atoms with Gasteiger partial charge in [0.25, 0.3) is 0 Å². The smallest absolute Gasteiger partial charge is 0.238 e. The number of phenolic OH excluding ortho intramolecular Hbond substituents is 2. The number of hydrogen-bond acceptors (Lipinski definition) is 9. The van der Waals surface area contributed by atoms with Crippen molar-refractivity contribution in [2.75, 3.05) is 20.3 Å². The molecule has 0 bridgehead atoms. The van der Waals surface area contributed by atoms with Crippen LogP contribution in [0.1, 0.15) is 48.9 Å². The Balaban J connectivity index is 1.85. The zero-order valence-corrected chi connectivity index (χ0v) is 24.2. The van der Waals surface area contributed by atoms with Gasteiger partial charge in [0.1, 0.15) is 34.3 Å². The first-order valence-electron chi connectivity index (χ1n) is 14.1. The van der Waals surface area contributed by atoms with E-state index in [1.807, 2.05) is 39.1 Å². The molecule has 1 heterocycles. The molecule has 6 N–H and O–H groups in total. The maximum atomic E-state index is 13.5. The quantitative estimate of drug-likeness (QED) is 0.134. The second-order valence-electron chi connectivity index (χ2n) is 11.0. The Kier molecular flexibility index (Phi) is 10.1. The van der Waals surface area contributed by atoms with Crippen molar-refractivity contribution < 1.29 is 34.7 Å². The maximum absolute atomic E-state index is 13.5. The summed E-state index contributed by atoms with van der Waals surface area (Å²) in [6, 6.07) is 13.9. The van der Waals surface area contributed by atoms with E-state index in [-0.39, 0.29) is 53.1 Å². The van der Waals surface area contributed by atoms with Crippen LogP contribution in [-0.2, 0) is 19.4 Å². The molecule has 42 heavy (non-hydrogen) atoms. The Labute approximate surface area is 244 Å². The number of aliphatic hydroxyl groups excluding tert-OH is 2. The Morgan fingerprint density at radius 1 is 0.952 bits per heavy atom. The van der Waals surface area contributed by atoms with Crippen molar-refractivity contribution in [3.05, 3.63) is 81.0 Å². The van der Waals surface area contributed by atoms with Gasteiger partial charge >= 0.3 is 0 Å². The molecule has 1 aromatic heterocycles. The van der Waals surface area contributed by atoms with Gasteiger partial charge in [-0.15, -0.1) is 0 Å². The molecular weight excluding hydrogens is 538 g/mol. The van der Waals surface area contributed by atoms with Crippen molar-refractivity contribution in [3.63, 3.8) is 0 Å². The van der Waals surface area contributed by atoms with E-state index in [0.717, 1.165) is 11.1 Å². The molecule has 4 aromatic rings. The first-order valence-corrected chi connectivity index (χ1v) is 14.1. The zero-order valence-electron chi connectivity index (χ0n) is 24.2. The van der Waals surface area contributed by atoms with Crippen LogP contribution < -0.4 is 15.5 Å². The average Bonchev–Trinajstić information content (AvgIpc) is 2.94. The van der Waals surface area contributed by atoms with Gasteiger partial charge in [-0.25, -0.2) is 0 Å². The van der Waals surface area contributed by atoms with Gasteiger partial charge in [-0.1, -0.05) is 38.1 Å². The van der Waals surface area contributed by atoms with Gasteiger partial charge in [0.2, 0.25) is 11.2 Å². The average molecular weight is 578 g/mol. The summed E-state index contributed by atoms with van der Waals surface area (Å²) >= 11 is 0. The van der Waals surface area contributed by atoms with Gasteiger partial charge in [-0.05, 0) is 66.6 Å². The fourth-order valence-electron chi connectivity index (χ4n) is 5.13. The number of ether oxygens (including phenoxy) is 1. The van der Waals surface area contributed by atoms with Gasteiger partial charge in [0.05, 0.1) is 6.61 Å². The van der Waals surface area contributed by atoms with E-state index in [1.165, 1.54) is 12.1 Å². The lowest BCUT2D eigenvalue weighted by Crippen LogP contribution is -2.22. The van der Waals surface area contributed by atoms with Crippen molar-refractivity contribution in [2.45, 2.75) is 52.2 Å². The van der Waals surface area contributed by atoms with Crippen LogP contribution in [0, 0.1) is 5.92 Å². The van der Waals surface area contributed by atoms with E-state index in [9.17, 15) is 25.2 Å². The highest BCUT2D eigenvalue weighted by Gasteiger charge is 2.23. The summed E-state index contributed by atoms with van der Waals surface area (Å²) in [4.78, 5) is 13.5. The standard InChI is InChI=1S/C33H39NO8/c1-19(2)10-22-13-24(14-23(30(22)38)12-20-6-4-7-21(11-20)17-34-3)33-32(40)31(39)29-27(15-25(37)16-28(29)42-33)41-26(18-36)8-5-9-35/h4,6-7,11,13-16,19,26,34-38,40H,5,8-10,12,17-18H2,1-3H3/t26-/m0/s1. The van der Waals surface area contributed by atoms with E-state index in [1.54, 1.807) is 12.1 Å². The lowest BCUT2D eigenvalue weighted by atomic mass is 9.92. The summed E-state index contributed by atoms with van der Waals surface area (Å²) in [6.45, 7) is 4.30. The molecule has 3 aromatic carbocycles. The van der Waals surface area contributed by atoms with Crippen LogP contribution in [0.3, 0.4) is 0 Å². The van der Waals surface area contributed by atoms with Crippen LogP contribution in [-0.4, -0.2) is 51.9 Å². The number of aliphatic hydroxyl groups is 2. The monoisotopic (exact) mass is 577 g/mol. The Hall–Kier alpha value is -4.05. The SMILES string of the molecule is CNCc1cccc(Cc2cc(-c3oc4cc(O)cc(O[C@H](CO)CCCO)c4c(=O)c3O)cc(CC(C)C)c2O)c1. The summed E-state index contributed by atoms with van der Waals surface area (Å²) < 4.78 is 11.9. The predicted octanol–water partition coefficient (Wildman–Crippen LogP) is 4.60. The van der Waals surface area contributed by atoms with E-state index in [2.05, 4.69) is 11.4 Å². The fourth-order valence-corrected chi connectivity index (χ4v) is 5.13. The number of phenols is 2. The van der Waals surface area contributed by atoms with Crippen LogP contribution >= 0.6 is 0 Å². The minimum absolute atomic E-state index is 0.0125. The molecule has 0 aliphatic rings. The van der Waals surface area contributed by atoms with Gasteiger partial charge in [0.15, 0.2) is 5.76 Å². The maximum Gasteiger partial charge on any atom is 0.238 e. The van der Waals surface area contributed by atoms with E-state index in [0.29, 0.717) is 48.9 Å². The highest BCUT2D eigenvalue weighted by molar-refractivity contribution is 5.88. The summed E-state index contributed by atoms with van der Waals surface area (Å²) in [5.41, 5.74) is 2.98. The van der Waals surface area contributed by atoms with Crippen molar-refractivity contribution in [2.24, 2.45) is 5.92 Å². The first kappa shape index (κ1) is 30.9. The molecule has 0 fully saturated rings. The molecule has 0 aliphatic carbocycles. The van der Waals surface area contributed by atoms with E-state index < -0.39 is 17.3 Å². The Bertz CT molecular complexity index is 1590. The molecule has 0 spiro atoms. The second-order valence-corrected chi connectivity index (χ2v) is 11.0. The van der Waals surface area contributed by atoms with Crippen LogP contribution in [0.2, 0.25) is 0 Å². The minimum atomic E-state index is -0.764. The third-order valence-corrected chi connectivity index (χ3v) is 7.03. The molecule has 0 saturated heterocycles. The van der Waals surface area contributed by atoms with Crippen LogP contribution in [0.4, 0.5) is 0 Å². The topological polar surface area (TPSA) is 153 Å². The molecule has 0 radical (unpaired) electrons. The molecule has 9 nitrogen and oxygen atoms in total. The predicted molar refractivity (Wildman–Crippen MR) is 161 cm³/mol. The molecule has 0 unspecified atom stereocenters. The lowest BCUT2D eigenvalue weighted by molar-refractivity contribution is 0.102. The third-order valence-electron chi connectivity index (χ3n) is 7.03. The number of rotatable bonds is 13. The molecule has 224 valence electrons.